The average Bonchev–Trinajstić information content (AvgIpc) is 3.77. The first-order valence-corrected chi connectivity index (χ1v) is 20.2. The maximum atomic E-state index is 7.04. The van der Waals surface area contributed by atoms with Crippen molar-refractivity contribution in [2.75, 3.05) is 16.5 Å². The number of benzene rings is 6. The lowest BCUT2D eigenvalue weighted by Gasteiger charge is -2.25. The maximum absolute atomic E-state index is 7.04. The number of aromatic nitrogens is 2. The van der Waals surface area contributed by atoms with Gasteiger partial charge in [0.1, 0.15) is 24.0 Å². The minimum Gasteiger partial charge on any atom is -0.457 e. The molecule has 0 spiro atoms. The molecule has 0 atom stereocenters. The van der Waals surface area contributed by atoms with Crippen molar-refractivity contribution in [2.24, 2.45) is 0 Å². The SMILES string of the molecule is CC(C)c1cccc(C(C)C)c1-c1cc(Oc2ccc3c4ccccc4n(-c4cc(C(C)(C)C)ccn4)c3c2)cc(N2CN(c3ccccc3)c3ccccc32)c1. The van der Waals surface area contributed by atoms with Crippen LogP contribution in [0.5, 0.6) is 11.5 Å². The zero-order valence-electron chi connectivity index (χ0n) is 34.0. The van der Waals surface area contributed by atoms with E-state index in [2.05, 4.69) is 208 Å². The lowest BCUT2D eigenvalue weighted by Crippen LogP contribution is -2.24. The molecule has 2 aromatic heterocycles. The van der Waals surface area contributed by atoms with Gasteiger partial charge in [0, 0.05) is 40.5 Å². The van der Waals surface area contributed by atoms with Crippen LogP contribution in [0, 0.1) is 0 Å². The van der Waals surface area contributed by atoms with Crippen LogP contribution in [0.4, 0.5) is 22.7 Å². The Kier molecular flexibility index (Phi) is 9.12. The number of ether oxygens (including phenoxy) is 1. The molecule has 0 unspecified atom stereocenters. The van der Waals surface area contributed by atoms with Crippen molar-refractivity contribution in [3.8, 4) is 28.4 Å². The van der Waals surface area contributed by atoms with Crippen LogP contribution in [-0.2, 0) is 5.41 Å². The second-order valence-electron chi connectivity index (χ2n) is 16.9. The number of anilines is 4. The summed E-state index contributed by atoms with van der Waals surface area (Å²) in [6.45, 7) is 16.6. The van der Waals surface area contributed by atoms with E-state index < -0.39 is 0 Å². The van der Waals surface area contributed by atoms with E-state index in [9.17, 15) is 0 Å². The molecule has 3 heterocycles. The van der Waals surface area contributed by atoms with Gasteiger partial charge < -0.3 is 14.5 Å². The van der Waals surface area contributed by atoms with E-state index in [0.717, 1.165) is 45.0 Å². The van der Waals surface area contributed by atoms with Crippen molar-refractivity contribution in [2.45, 2.75) is 65.7 Å². The van der Waals surface area contributed by atoms with Gasteiger partial charge in [-0.05, 0) is 112 Å². The normalized spacial score (nSPS) is 13.0. The molecule has 0 bridgehead atoms. The number of rotatable bonds is 8. The number of hydrogen-bond donors (Lipinski definition) is 0. The second kappa shape index (κ2) is 14.3. The van der Waals surface area contributed by atoms with Crippen LogP contribution in [0.1, 0.15) is 77.0 Å². The molecule has 0 N–H and O–H groups in total. The Labute approximate surface area is 336 Å². The Morgan fingerprint density at radius 1 is 0.561 bits per heavy atom. The fourth-order valence-corrected chi connectivity index (χ4v) is 8.49. The van der Waals surface area contributed by atoms with Crippen molar-refractivity contribution >= 4 is 44.6 Å². The molecule has 1 aliphatic heterocycles. The lowest BCUT2D eigenvalue weighted by atomic mass is 9.85. The minimum atomic E-state index is -0.00888. The highest BCUT2D eigenvalue weighted by atomic mass is 16.5. The summed E-state index contributed by atoms with van der Waals surface area (Å²) in [5, 5.41) is 2.35. The predicted molar refractivity (Wildman–Crippen MR) is 239 cm³/mol. The van der Waals surface area contributed by atoms with Gasteiger partial charge in [0.15, 0.2) is 0 Å². The molecular formula is C52H50N4O. The molecule has 1 aliphatic rings. The molecule has 9 rings (SSSR count). The zero-order chi connectivity index (χ0) is 39.4. The molecule has 0 fully saturated rings. The molecule has 284 valence electrons. The quantitative estimate of drug-likeness (QED) is 0.155. The number of fused-ring (bicyclic) bond motifs is 4. The fourth-order valence-electron chi connectivity index (χ4n) is 8.49. The van der Waals surface area contributed by atoms with Gasteiger partial charge in [0.25, 0.3) is 0 Å². The topological polar surface area (TPSA) is 33.5 Å². The van der Waals surface area contributed by atoms with Crippen LogP contribution in [-0.4, -0.2) is 16.2 Å². The lowest BCUT2D eigenvalue weighted by molar-refractivity contribution is 0.483. The van der Waals surface area contributed by atoms with Crippen molar-refractivity contribution < 1.29 is 4.74 Å². The molecule has 0 amide bonds. The first kappa shape index (κ1) is 36.3. The molecule has 8 aromatic rings. The fraction of sp³-hybridized carbons (Fsp3) is 0.212. The smallest absolute Gasteiger partial charge is 0.137 e. The van der Waals surface area contributed by atoms with Crippen molar-refractivity contribution in [3.05, 3.63) is 168 Å². The van der Waals surface area contributed by atoms with Crippen LogP contribution < -0.4 is 14.5 Å². The van der Waals surface area contributed by atoms with Crippen LogP contribution in [0.3, 0.4) is 0 Å². The Morgan fingerprint density at radius 3 is 1.91 bits per heavy atom. The summed E-state index contributed by atoms with van der Waals surface area (Å²) in [5.41, 5.74) is 13.1. The Balaban J connectivity index is 1.22. The van der Waals surface area contributed by atoms with Crippen molar-refractivity contribution in [3.63, 3.8) is 0 Å². The van der Waals surface area contributed by atoms with E-state index in [1.165, 1.54) is 44.7 Å². The van der Waals surface area contributed by atoms with Crippen LogP contribution >= 0.6 is 0 Å². The number of pyridine rings is 1. The van der Waals surface area contributed by atoms with E-state index >= 15 is 0 Å². The summed E-state index contributed by atoms with van der Waals surface area (Å²) in [6.07, 6.45) is 1.93. The average molecular weight is 747 g/mol. The summed E-state index contributed by atoms with van der Waals surface area (Å²) in [6, 6.07) is 52.4. The summed E-state index contributed by atoms with van der Waals surface area (Å²) in [5.74, 6) is 3.17. The Bertz CT molecular complexity index is 2730. The molecule has 0 radical (unpaired) electrons. The third kappa shape index (κ3) is 6.61. The van der Waals surface area contributed by atoms with Crippen LogP contribution in [0.25, 0.3) is 38.8 Å². The van der Waals surface area contributed by atoms with Crippen LogP contribution in [0.2, 0.25) is 0 Å². The van der Waals surface area contributed by atoms with Gasteiger partial charge in [0.2, 0.25) is 0 Å². The Morgan fingerprint density at radius 2 is 1.21 bits per heavy atom. The molecule has 0 saturated heterocycles. The van der Waals surface area contributed by atoms with E-state index in [1.54, 1.807) is 0 Å². The summed E-state index contributed by atoms with van der Waals surface area (Å²) >= 11 is 0. The first-order chi connectivity index (χ1) is 27.5. The highest BCUT2D eigenvalue weighted by molar-refractivity contribution is 6.09. The molecule has 57 heavy (non-hydrogen) atoms. The van der Waals surface area contributed by atoms with Crippen molar-refractivity contribution in [1.82, 2.24) is 9.55 Å². The van der Waals surface area contributed by atoms with Gasteiger partial charge in [0.05, 0.1) is 22.4 Å². The van der Waals surface area contributed by atoms with E-state index in [0.29, 0.717) is 18.5 Å². The molecule has 0 aliphatic carbocycles. The van der Waals surface area contributed by atoms with E-state index in [1.807, 2.05) is 6.20 Å². The molecule has 5 heteroatoms. The Hall–Kier alpha value is -6.33. The highest BCUT2D eigenvalue weighted by Gasteiger charge is 2.29. The van der Waals surface area contributed by atoms with Gasteiger partial charge in [-0.1, -0.05) is 115 Å². The third-order valence-electron chi connectivity index (χ3n) is 11.4. The number of nitrogens with zero attached hydrogens (tertiary/aromatic N) is 4. The van der Waals surface area contributed by atoms with Crippen LogP contribution in [0.15, 0.2) is 152 Å². The summed E-state index contributed by atoms with van der Waals surface area (Å²) < 4.78 is 9.32. The largest absolute Gasteiger partial charge is 0.457 e. The van der Waals surface area contributed by atoms with Gasteiger partial charge in [-0.25, -0.2) is 4.98 Å². The number of hydrogen-bond acceptors (Lipinski definition) is 4. The van der Waals surface area contributed by atoms with E-state index in [4.69, 9.17) is 9.72 Å². The van der Waals surface area contributed by atoms with Gasteiger partial charge in [-0.15, -0.1) is 0 Å². The molecule has 5 nitrogen and oxygen atoms in total. The second-order valence-corrected chi connectivity index (χ2v) is 16.9. The third-order valence-corrected chi connectivity index (χ3v) is 11.4. The monoisotopic (exact) mass is 746 g/mol. The molecular weight excluding hydrogens is 697 g/mol. The first-order valence-electron chi connectivity index (χ1n) is 20.2. The standard InChI is InChI=1S/C52H50N4O/c1-34(2)42-19-15-20-43(35(3)4)51(42)36-28-39(55-33-54(38-16-9-8-10-17-38)47-22-13-14-23-48(47)55)31-41(29-36)57-40-24-25-45-44-18-11-12-21-46(44)56(49(45)32-40)50-30-37(26-27-53-50)52(5,6)7/h8-32,34-35H,33H2,1-7H3. The highest BCUT2D eigenvalue weighted by Crippen LogP contribution is 2.47. The number of para-hydroxylation sites is 4. The molecule has 0 saturated carbocycles. The summed E-state index contributed by atoms with van der Waals surface area (Å²) in [7, 11) is 0. The summed E-state index contributed by atoms with van der Waals surface area (Å²) in [4.78, 5) is 9.72. The maximum Gasteiger partial charge on any atom is 0.137 e. The van der Waals surface area contributed by atoms with Gasteiger partial charge in [-0.3, -0.25) is 4.57 Å². The van der Waals surface area contributed by atoms with Gasteiger partial charge in [-0.2, -0.15) is 0 Å². The predicted octanol–water partition coefficient (Wildman–Crippen LogP) is 14.4. The molecule has 6 aromatic carbocycles. The van der Waals surface area contributed by atoms with Crippen molar-refractivity contribution in [1.29, 1.82) is 0 Å². The minimum absolute atomic E-state index is 0.00888. The van der Waals surface area contributed by atoms with Gasteiger partial charge >= 0.3 is 0 Å². The zero-order valence-corrected chi connectivity index (χ0v) is 34.0. The van der Waals surface area contributed by atoms with E-state index in [-0.39, 0.29) is 5.41 Å².